The number of aliphatic hydroxyl groups excluding tert-OH is 3. The van der Waals surface area contributed by atoms with E-state index in [1.54, 1.807) is 37.5 Å². The van der Waals surface area contributed by atoms with Crippen molar-refractivity contribution in [2.45, 2.75) is 44.8 Å². The Hall–Kier alpha value is -6.87. The largest absolute Gasteiger partial charge is 1.00 e. The Labute approximate surface area is 658 Å². The smallest absolute Gasteiger partial charge is 1.00 e. The summed E-state index contributed by atoms with van der Waals surface area (Å²) in [6.45, 7) is 3.54. The molecule has 102 heavy (non-hydrogen) atoms. The van der Waals surface area contributed by atoms with Crippen molar-refractivity contribution >= 4 is 135 Å². The molecule has 5 heterocycles. The van der Waals surface area contributed by atoms with Crippen LogP contribution >= 0.6 is 78.8 Å². The fraction of sp³-hybridized carbons (Fsp3) is 0.243. The van der Waals surface area contributed by atoms with Crippen molar-refractivity contribution in [2.75, 3.05) is 51.9 Å². The number of esters is 3. The van der Waals surface area contributed by atoms with Crippen LogP contribution in [-0.4, -0.2) is 175 Å². The van der Waals surface area contributed by atoms with Gasteiger partial charge in [0.1, 0.15) is 18.3 Å². The maximum absolute atomic E-state index is 11.1. The Morgan fingerprint density at radius 2 is 0.902 bits per heavy atom. The normalized spacial score (nSPS) is 10.4. The van der Waals surface area contributed by atoms with Crippen LogP contribution in [0.5, 0.6) is 0 Å². The van der Waals surface area contributed by atoms with Crippen molar-refractivity contribution in [3.8, 4) is 45.0 Å². The number of methoxy groups -OCH3 is 4. The zero-order valence-electron chi connectivity index (χ0n) is 58.5. The molecule has 543 valence electrons. The Morgan fingerprint density at radius 3 is 1.15 bits per heavy atom. The molecule has 6 N–H and O–H groups in total. The molecule has 4 aromatic heterocycles. The zero-order valence-corrected chi connectivity index (χ0v) is 65.4. The van der Waals surface area contributed by atoms with Gasteiger partial charge in [-0.1, -0.05) is 205 Å². The van der Waals surface area contributed by atoms with E-state index < -0.39 is 45.5 Å². The van der Waals surface area contributed by atoms with Gasteiger partial charge < -0.3 is 64.6 Å². The Bertz CT molecular complexity index is 3680. The molecule has 1 saturated heterocycles. The van der Waals surface area contributed by atoms with Gasteiger partial charge >= 0.3 is 36.8 Å². The second kappa shape index (κ2) is 59.5. The number of halogens is 6. The second-order valence-electron chi connectivity index (χ2n) is 19.1. The van der Waals surface area contributed by atoms with Crippen molar-refractivity contribution in [1.82, 2.24) is 39.0 Å². The van der Waals surface area contributed by atoms with E-state index in [2.05, 4.69) is 92.8 Å². The van der Waals surface area contributed by atoms with Crippen LogP contribution in [0.25, 0.3) is 45.0 Å². The second-order valence-corrected chi connectivity index (χ2v) is 22.7. The van der Waals surface area contributed by atoms with Gasteiger partial charge in [-0.05, 0) is 35.8 Å². The van der Waals surface area contributed by atoms with Crippen LogP contribution in [0.2, 0.25) is 0 Å². The maximum atomic E-state index is 11.1. The van der Waals surface area contributed by atoms with E-state index in [-0.39, 0.29) is 67.0 Å². The Morgan fingerprint density at radius 1 is 0.578 bits per heavy atom. The average Bonchev–Trinajstić information content (AvgIpc) is 1.73. The maximum Gasteiger partial charge on any atom is 1.00 e. The number of imidazole rings is 4. The quantitative estimate of drug-likeness (QED) is 0.00913. The van der Waals surface area contributed by atoms with E-state index in [0.29, 0.717) is 17.3 Å². The molecule has 1 aliphatic rings. The number of aryl methyl sites for hydroxylation is 2. The predicted molar refractivity (Wildman–Crippen MR) is 407 cm³/mol. The monoisotopic (exact) mass is 1640 g/mol. The molecular weight excluding hydrogens is 1560 g/mol. The molecule has 11 rings (SSSR count). The van der Waals surface area contributed by atoms with E-state index in [0.717, 1.165) is 69.6 Å². The number of nitrogens with one attached hydrogen (secondary N) is 2. The SMILES string of the molecule is C1CCOC1.CC(=O)c1ccccc1.CI.COC(=O)C(O)OC.COC(=O)c1ncc(-c2ccccc2)[nH]1.COC(=O)c1ncc(-c2ccccc2)[nH]1.ClCCl.Cn1cc(-c2ccccc2)nc1CCl.Cn1cc(-c2ccccc2)nc1CO.O=C(c1ccccc1)C(O)O.O=S(Cl)Cl.[Al].[H-].[Li+]. The molecule has 32 heteroatoms. The first-order chi connectivity index (χ1) is 48.1. The van der Waals surface area contributed by atoms with Crippen LogP contribution in [-0.2, 0) is 64.3 Å². The predicted octanol–water partition coefficient (Wildman–Crippen LogP) is 10.4. The molecule has 0 amide bonds. The minimum atomic E-state index is -1.91. The van der Waals surface area contributed by atoms with Crippen molar-refractivity contribution < 1.29 is 92.6 Å². The van der Waals surface area contributed by atoms with Crippen molar-refractivity contribution in [1.29, 1.82) is 0 Å². The summed E-state index contributed by atoms with van der Waals surface area (Å²) >= 11 is 17.4. The molecule has 0 saturated carbocycles. The number of Topliss-reactive ketones (excluding diaryl/α,β-unsaturated/α-hetero) is 2. The van der Waals surface area contributed by atoms with Crippen LogP contribution in [0.4, 0.5) is 0 Å². The summed E-state index contributed by atoms with van der Waals surface area (Å²) in [6, 6.07) is 56.7. The van der Waals surface area contributed by atoms with Gasteiger partial charge in [-0.25, -0.2) is 38.5 Å². The number of nitrogens with zero attached hydrogens (tertiary/aromatic N) is 6. The summed E-state index contributed by atoms with van der Waals surface area (Å²) in [5.41, 5.74) is 8.73. The number of aliphatic hydroxyl groups is 4. The number of carbonyl (C=O) groups excluding carboxylic acids is 5. The molecule has 0 aliphatic carbocycles. The molecule has 3 radical (unpaired) electrons. The van der Waals surface area contributed by atoms with E-state index in [4.69, 9.17) is 64.2 Å². The molecule has 1 aliphatic heterocycles. The van der Waals surface area contributed by atoms with Crippen LogP contribution < -0.4 is 18.9 Å². The topological polar surface area (TPSA) is 322 Å². The minimum Gasteiger partial charge on any atom is -1.00 e. The number of ketones is 2. The van der Waals surface area contributed by atoms with E-state index >= 15 is 0 Å². The van der Waals surface area contributed by atoms with Crippen molar-refractivity contribution in [3.05, 3.63) is 241 Å². The third-order valence-corrected chi connectivity index (χ3v) is 12.6. The number of aromatic amines is 2. The van der Waals surface area contributed by atoms with E-state index in [1.807, 2.05) is 192 Å². The number of alkyl halides is 4. The van der Waals surface area contributed by atoms with Crippen LogP contribution in [0.3, 0.4) is 0 Å². The van der Waals surface area contributed by atoms with Crippen LogP contribution in [0.15, 0.2) is 207 Å². The first kappa shape index (κ1) is 97.2. The molecule has 10 aromatic rings. The first-order valence-electron chi connectivity index (χ1n) is 29.4. The van der Waals surface area contributed by atoms with Gasteiger partial charge in [-0.15, -0.1) is 34.8 Å². The zero-order chi connectivity index (χ0) is 74.6. The summed E-state index contributed by atoms with van der Waals surface area (Å²) in [5, 5.41) is 34.6. The van der Waals surface area contributed by atoms with Crippen LogP contribution in [0, 0.1) is 0 Å². The number of H-pyrrole nitrogens is 2. The minimum absolute atomic E-state index is 0. The molecule has 1 unspecified atom stereocenters. The van der Waals surface area contributed by atoms with E-state index in [9.17, 15) is 24.0 Å². The molecule has 1 fully saturated rings. The summed E-state index contributed by atoms with van der Waals surface area (Å²) in [4.78, 5) is 78.3. The number of hydrogen-bond acceptors (Lipinski definition) is 19. The first-order valence-corrected chi connectivity index (χ1v) is 36.0. The number of benzene rings is 6. The van der Waals surface area contributed by atoms with Crippen molar-refractivity contribution in [3.63, 3.8) is 0 Å². The molecule has 0 bridgehead atoms. The summed E-state index contributed by atoms with van der Waals surface area (Å²) in [7, 11) is 16.2. The van der Waals surface area contributed by atoms with Gasteiger partial charge in [-0.3, -0.25) is 9.59 Å². The summed E-state index contributed by atoms with van der Waals surface area (Å²) < 4.78 is 35.2. The molecule has 1 atom stereocenters. The van der Waals surface area contributed by atoms with Gasteiger partial charge in [0, 0.05) is 108 Å². The fourth-order valence-corrected chi connectivity index (χ4v) is 7.73. The fourth-order valence-electron chi connectivity index (χ4n) is 7.48. The summed E-state index contributed by atoms with van der Waals surface area (Å²) in [6.07, 6.45) is 6.34. The van der Waals surface area contributed by atoms with Gasteiger partial charge in [0.2, 0.25) is 32.9 Å². The van der Waals surface area contributed by atoms with Gasteiger partial charge in [0.25, 0.3) is 6.29 Å². The Balaban J connectivity index is -0.00000110. The van der Waals surface area contributed by atoms with Gasteiger partial charge in [-0.2, -0.15) is 0 Å². The number of carbonyl (C=O) groups is 5. The van der Waals surface area contributed by atoms with Gasteiger partial charge in [0.15, 0.2) is 5.78 Å². The third kappa shape index (κ3) is 40.3. The number of ether oxygens (including phenoxy) is 5. The standard InChI is InChI=1S/C11H11ClN2.2C11H10N2O2.C11H12N2O.C8H8O3.C8H8O.C4H8O4.C4H8O.CH2Cl2.CH3I.Al.Cl2OS.Li.H/c1-14-8-10(13-11(14)7-12)9-5-3-2-4-6-9;2*1-15-11(14)10-12-7-9(13-10)8-5-3-2-4-6-8;1-13-7-10(12-11(13)8-14)9-5-3-2-4-6-9;9-7(8(10)11)6-4-2-1-3-5-6;1-7(9)8-5-3-2-4-6-8;1-7-3(5)4(6)8-2;1-2-4-5-3-1;2-1-3;1-2;;1-4(2)3;;/h2-6,8H,7H2,1H3;2*2-7H,1H3,(H,12,13);2-7,14H,8H2,1H3;1-5,8,10-11H;2-6H,1H3;3,5H,1-2H3;1-4H2;1H2;1H3;;;;/q;;;;;;;;;;;;+1;-1. The summed E-state index contributed by atoms with van der Waals surface area (Å²) in [5.74, 6) is 0.203. The molecule has 23 nitrogen and oxygen atoms in total. The average molecular weight is 1640 g/mol. The third-order valence-electron chi connectivity index (χ3n) is 12.4. The Kier molecular flexibility index (Phi) is 56.7. The molecule has 6 aromatic carbocycles. The molecule has 0 spiro atoms. The number of rotatable bonds is 13. The van der Waals surface area contributed by atoms with Crippen LogP contribution in [0.1, 0.15) is 74.8 Å². The van der Waals surface area contributed by atoms with E-state index in [1.165, 1.54) is 53.4 Å². The van der Waals surface area contributed by atoms with Gasteiger partial charge in [0.05, 0.1) is 67.7 Å². The number of aromatic nitrogens is 8. The molecular formula is C70H81AlCl5ILiN8O15S. The number of hydrogen-bond donors (Lipinski definition) is 6. The van der Waals surface area contributed by atoms with Crippen molar-refractivity contribution in [2.24, 2.45) is 14.1 Å².